The van der Waals surface area contributed by atoms with Crippen LogP contribution in [0, 0.1) is 0 Å². The molecule has 0 radical (unpaired) electrons. The standard InChI is InChI=1S/C21H29N3O5S/c1-21(2,3)22-30(26,27)19-11-10-18(29-19)20(25)24-13-5-12-23(14-15-24)16-6-8-17(28-4)9-7-16/h6-11,22H,5,12-15H2,1-4H3. The Balaban J connectivity index is 1.67. The molecule has 0 saturated carbocycles. The Kier molecular flexibility index (Phi) is 6.42. The number of benzene rings is 1. The highest BCUT2D eigenvalue weighted by molar-refractivity contribution is 7.89. The van der Waals surface area contributed by atoms with Crippen LogP contribution in [0.15, 0.2) is 45.9 Å². The largest absolute Gasteiger partial charge is 0.497 e. The van der Waals surface area contributed by atoms with E-state index in [1.165, 1.54) is 12.1 Å². The van der Waals surface area contributed by atoms with Crippen molar-refractivity contribution >= 4 is 21.6 Å². The van der Waals surface area contributed by atoms with Crippen LogP contribution >= 0.6 is 0 Å². The second kappa shape index (κ2) is 8.69. The van der Waals surface area contributed by atoms with E-state index in [2.05, 4.69) is 9.62 Å². The lowest BCUT2D eigenvalue weighted by molar-refractivity contribution is 0.0729. The Bertz CT molecular complexity index is 977. The number of amides is 1. The van der Waals surface area contributed by atoms with Gasteiger partial charge in [-0.2, -0.15) is 0 Å². The van der Waals surface area contributed by atoms with Crippen molar-refractivity contribution < 1.29 is 22.4 Å². The maximum absolute atomic E-state index is 12.9. The fourth-order valence-corrected chi connectivity index (χ4v) is 4.71. The normalized spacial score (nSPS) is 15.7. The average Bonchev–Trinajstić information content (AvgIpc) is 3.06. The van der Waals surface area contributed by atoms with Crippen molar-refractivity contribution in [1.82, 2.24) is 9.62 Å². The number of sulfonamides is 1. The third-order valence-electron chi connectivity index (χ3n) is 4.72. The molecule has 164 valence electrons. The number of furan rings is 1. The molecule has 0 bridgehead atoms. The maximum Gasteiger partial charge on any atom is 0.289 e. The molecule has 0 unspecified atom stereocenters. The zero-order valence-electron chi connectivity index (χ0n) is 17.8. The van der Waals surface area contributed by atoms with E-state index < -0.39 is 15.6 Å². The van der Waals surface area contributed by atoms with Crippen LogP contribution in [0.2, 0.25) is 0 Å². The Labute approximate surface area is 177 Å². The molecule has 3 rings (SSSR count). The summed E-state index contributed by atoms with van der Waals surface area (Å²) < 4.78 is 38.0. The van der Waals surface area contributed by atoms with Crippen LogP contribution in [0.1, 0.15) is 37.7 Å². The monoisotopic (exact) mass is 435 g/mol. The molecule has 0 aliphatic carbocycles. The molecule has 1 N–H and O–H groups in total. The zero-order chi connectivity index (χ0) is 21.9. The summed E-state index contributed by atoms with van der Waals surface area (Å²) in [5, 5.41) is -0.254. The third kappa shape index (κ3) is 5.34. The van der Waals surface area contributed by atoms with E-state index in [-0.39, 0.29) is 16.8 Å². The number of rotatable bonds is 5. The highest BCUT2D eigenvalue weighted by Crippen LogP contribution is 2.22. The molecule has 9 heteroatoms. The van der Waals surface area contributed by atoms with Crippen LogP contribution in [0.4, 0.5) is 5.69 Å². The summed E-state index contributed by atoms with van der Waals surface area (Å²) in [5.41, 5.74) is 0.427. The second-order valence-electron chi connectivity index (χ2n) is 8.31. The van der Waals surface area contributed by atoms with Crippen molar-refractivity contribution in [1.29, 1.82) is 0 Å². The van der Waals surface area contributed by atoms with Crippen molar-refractivity contribution in [2.75, 3.05) is 38.2 Å². The minimum absolute atomic E-state index is 0.0298. The van der Waals surface area contributed by atoms with Crippen molar-refractivity contribution in [2.24, 2.45) is 0 Å². The Morgan fingerprint density at radius 2 is 1.73 bits per heavy atom. The van der Waals surface area contributed by atoms with Crippen LogP contribution in [0.5, 0.6) is 5.75 Å². The lowest BCUT2D eigenvalue weighted by atomic mass is 10.1. The fraction of sp³-hybridized carbons (Fsp3) is 0.476. The number of ether oxygens (including phenoxy) is 1. The number of hydrogen-bond acceptors (Lipinski definition) is 6. The molecular formula is C21H29N3O5S. The number of hydrogen-bond donors (Lipinski definition) is 1. The van der Waals surface area contributed by atoms with Gasteiger partial charge in [-0.25, -0.2) is 13.1 Å². The van der Waals surface area contributed by atoms with Gasteiger partial charge >= 0.3 is 0 Å². The molecule has 0 atom stereocenters. The van der Waals surface area contributed by atoms with Crippen molar-refractivity contribution in [2.45, 2.75) is 37.8 Å². The van der Waals surface area contributed by atoms with Gasteiger partial charge in [0.2, 0.25) is 5.09 Å². The van der Waals surface area contributed by atoms with Gasteiger partial charge in [-0.15, -0.1) is 0 Å². The number of carbonyl (C=O) groups excluding carboxylic acids is 1. The highest BCUT2D eigenvalue weighted by atomic mass is 32.2. The predicted molar refractivity (Wildman–Crippen MR) is 115 cm³/mol. The van der Waals surface area contributed by atoms with E-state index in [1.807, 2.05) is 24.3 Å². The van der Waals surface area contributed by atoms with E-state index in [0.29, 0.717) is 19.6 Å². The lowest BCUT2D eigenvalue weighted by Gasteiger charge is -2.23. The molecule has 1 aliphatic heterocycles. The minimum Gasteiger partial charge on any atom is -0.497 e. The summed E-state index contributed by atoms with van der Waals surface area (Å²) in [7, 11) is -2.19. The van der Waals surface area contributed by atoms with Gasteiger partial charge < -0.3 is 19.0 Å². The lowest BCUT2D eigenvalue weighted by Crippen LogP contribution is -2.40. The van der Waals surface area contributed by atoms with Crippen molar-refractivity contribution in [3.05, 3.63) is 42.2 Å². The van der Waals surface area contributed by atoms with Crippen LogP contribution in [-0.4, -0.2) is 58.1 Å². The number of nitrogens with one attached hydrogen (secondary N) is 1. The minimum atomic E-state index is -3.83. The molecular weight excluding hydrogens is 406 g/mol. The quantitative estimate of drug-likeness (QED) is 0.776. The molecule has 2 aromatic rings. The van der Waals surface area contributed by atoms with Gasteiger partial charge in [0.05, 0.1) is 7.11 Å². The Hall–Kier alpha value is -2.52. The van der Waals surface area contributed by atoms with E-state index in [4.69, 9.17) is 9.15 Å². The van der Waals surface area contributed by atoms with Gasteiger partial charge in [0.25, 0.3) is 15.9 Å². The fourth-order valence-electron chi connectivity index (χ4n) is 3.36. The van der Waals surface area contributed by atoms with Crippen LogP contribution in [0.25, 0.3) is 0 Å². The summed E-state index contributed by atoms with van der Waals surface area (Å²) in [6.07, 6.45) is 0.801. The molecule has 1 aromatic heterocycles. The smallest absolute Gasteiger partial charge is 0.289 e. The van der Waals surface area contributed by atoms with E-state index >= 15 is 0 Å². The highest BCUT2D eigenvalue weighted by Gasteiger charge is 2.28. The average molecular weight is 436 g/mol. The van der Waals surface area contributed by atoms with Crippen molar-refractivity contribution in [3.8, 4) is 5.75 Å². The maximum atomic E-state index is 12.9. The number of anilines is 1. The molecule has 0 spiro atoms. The van der Waals surface area contributed by atoms with Crippen LogP contribution < -0.4 is 14.4 Å². The molecule has 8 nitrogen and oxygen atoms in total. The van der Waals surface area contributed by atoms with E-state index in [0.717, 1.165) is 24.4 Å². The Morgan fingerprint density at radius 3 is 2.37 bits per heavy atom. The first-order chi connectivity index (χ1) is 14.1. The first kappa shape index (κ1) is 22.2. The summed E-state index contributed by atoms with van der Waals surface area (Å²) in [6.45, 7) is 7.82. The molecule has 1 saturated heterocycles. The summed E-state index contributed by atoms with van der Waals surface area (Å²) in [4.78, 5) is 16.8. The molecule has 30 heavy (non-hydrogen) atoms. The third-order valence-corrected chi connectivity index (χ3v) is 6.35. The van der Waals surface area contributed by atoms with Gasteiger partial charge in [0.1, 0.15) is 5.75 Å². The first-order valence-corrected chi connectivity index (χ1v) is 11.4. The van der Waals surface area contributed by atoms with E-state index in [9.17, 15) is 13.2 Å². The van der Waals surface area contributed by atoms with Crippen LogP contribution in [0.3, 0.4) is 0 Å². The number of methoxy groups -OCH3 is 1. The summed E-state index contributed by atoms with van der Waals surface area (Å²) >= 11 is 0. The van der Waals surface area contributed by atoms with Gasteiger partial charge in [-0.3, -0.25) is 4.79 Å². The van der Waals surface area contributed by atoms with E-state index in [1.54, 1.807) is 32.8 Å². The SMILES string of the molecule is COc1ccc(N2CCCN(C(=O)c3ccc(S(=O)(=O)NC(C)(C)C)o3)CC2)cc1. The summed E-state index contributed by atoms with van der Waals surface area (Å²) in [6, 6.07) is 10.6. The molecule has 1 aromatic carbocycles. The Morgan fingerprint density at radius 1 is 1.03 bits per heavy atom. The molecule has 1 aliphatic rings. The molecule has 2 heterocycles. The first-order valence-electron chi connectivity index (χ1n) is 9.91. The van der Waals surface area contributed by atoms with Gasteiger partial charge in [0, 0.05) is 37.4 Å². The predicted octanol–water partition coefficient (Wildman–Crippen LogP) is 2.72. The molecule has 1 amide bonds. The number of nitrogens with zero attached hydrogens (tertiary/aromatic N) is 2. The van der Waals surface area contributed by atoms with Gasteiger partial charge in [-0.1, -0.05) is 0 Å². The zero-order valence-corrected chi connectivity index (χ0v) is 18.7. The van der Waals surface area contributed by atoms with Gasteiger partial charge in [-0.05, 0) is 63.6 Å². The van der Waals surface area contributed by atoms with Crippen LogP contribution in [-0.2, 0) is 10.0 Å². The second-order valence-corrected chi connectivity index (χ2v) is 9.92. The topological polar surface area (TPSA) is 92.1 Å². The van der Waals surface area contributed by atoms with Crippen molar-refractivity contribution in [3.63, 3.8) is 0 Å². The summed E-state index contributed by atoms with van der Waals surface area (Å²) in [5.74, 6) is 0.529. The number of carbonyl (C=O) groups is 1. The molecule has 1 fully saturated rings. The van der Waals surface area contributed by atoms with Gasteiger partial charge in [0.15, 0.2) is 5.76 Å².